The Labute approximate surface area is 125 Å². The van der Waals surface area contributed by atoms with E-state index in [1.807, 2.05) is 13.0 Å². The minimum absolute atomic E-state index is 0.0336. The molecule has 5 nitrogen and oxygen atoms in total. The van der Waals surface area contributed by atoms with Crippen LogP contribution >= 0.6 is 0 Å². The van der Waals surface area contributed by atoms with Gasteiger partial charge in [-0.3, -0.25) is 9.59 Å². The Balaban J connectivity index is 2.13. The van der Waals surface area contributed by atoms with Gasteiger partial charge in [-0.15, -0.1) is 0 Å². The Kier molecular flexibility index (Phi) is 4.96. The Morgan fingerprint density at radius 3 is 2.81 bits per heavy atom. The number of benzene rings is 1. The van der Waals surface area contributed by atoms with E-state index in [9.17, 15) is 9.59 Å². The lowest BCUT2D eigenvalue weighted by Gasteiger charge is -2.35. The monoisotopic (exact) mass is 289 g/mol. The summed E-state index contributed by atoms with van der Waals surface area (Å²) in [5.74, 6) is -0.123. The van der Waals surface area contributed by atoms with E-state index in [0.717, 1.165) is 25.8 Å². The molecule has 0 aliphatic carbocycles. The fourth-order valence-electron chi connectivity index (χ4n) is 2.77. The molecule has 0 spiro atoms. The van der Waals surface area contributed by atoms with E-state index in [2.05, 4.69) is 16.0 Å². The Bertz CT molecular complexity index is 522. The molecule has 1 aromatic carbocycles. The molecule has 1 aliphatic heterocycles. The summed E-state index contributed by atoms with van der Waals surface area (Å²) in [6, 6.07) is 7.02. The largest absolute Gasteiger partial charge is 0.355 e. The van der Waals surface area contributed by atoms with Gasteiger partial charge in [-0.25, -0.2) is 0 Å². The summed E-state index contributed by atoms with van der Waals surface area (Å²) in [4.78, 5) is 24.3. The summed E-state index contributed by atoms with van der Waals surface area (Å²) in [6.45, 7) is 3.74. The molecular weight excluding hydrogens is 266 g/mol. The van der Waals surface area contributed by atoms with Crippen LogP contribution in [0.3, 0.4) is 0 Å². The van der Waals surface area contributed by atoms with Crippen LogP contribution in [-0.2, 0) is 4.79 Å². The molecule has 1 aliphatic rings. The summed E-state index contributed by atoms with van der Waals surface area (Å²) >= 11 is 0. The van der Waals surface area contributed by atoms with Gasteiger partial charge < -0.3 is 16.0 Å². The van der Waals surface area contributed by atoms with Crippen LogP contribution in [0.2, 0.25) is 0 Å². The molecule has 0 saturated carbocycles. The Hall–Kier alpha value is -1.88. The molecule has 2 rings (SSSR count). The standard InChI is InChI=1S/C16H23N3O2/c1-3-16(8-5-9-18-11-16)15(21)19-13-7-4-6-12(10-13)14(20)17-2/h4,6-7,10,18H,3,5,8-9,11H2,1-2H3,(H,17,20)(H,19,21). The second kappa shape index (κ2) is 6.72. The van der Waals surface area contributed by atoms with Gasteiger partial charge in [-0.2, -0.15) is 0 Å². The van der Waals surface area contributed by atoms with Gasteiger partial charge in [0.25, 0.3) is 5.91 Å². The molecule has 2 amide bonds. The van der Waals surface area contributed by atoms with Gasteiger partial charge in [0.15, 0.2) is 0 Å². The maximum Gasteiger partial charge on any atom is 0.251 e. The van der Waals surface area contributed by atoms with Gasteiger partial charge in [-0.05, 0) is 44.0 Å². The molecule has 1 atom stereocenters. The maximum absolute atomic E-state index is 12.6. The van der Waals surface area contributed by atoms with E-state index in [0.29, 0.717) is 17.8 Å². The smallest absolute Gasteiger partial charge is 0.251 e. The van der Waals surface area contributed by atoms with E-state index in [4.69, 9.17) is 0 Å². The van der Waals surface area contributed by atoms with Gasteiger partial charge >= 0.3 is 0 Å². The number of carbonyl (C=O) groups excluding carboxylic acids is 2. The van der Waals surface area contributed by atoms with E-state index in [1.54, 1.807) is 25.2 Å². The van der Waals surface area contributed by atoms with Gasteiger partial charge in [0.1, 0.15) is 0 Å². The van der Waals surface area contributed by atoms with Crippen LogP contribution in [0.1, 0.15) is 36.5 Å². The zero-order valence-electron chi connectivity index (χ0n) is 12.7. The van der Waals surface area contributed by atoms with Crippen LogP contribution in [0.15, 0.2) is 24.3 Å². The van der Waals surface area contributed by atoms with Crippen molar-refractivity contribution in [2.45, 2.75) is 26.2 Å². The third kappa shape index (κ3) is 3.42. The lowest BCUT2D eigenvalue weighted by Crippen LogP contribution is -2.47. The Morgan fingerprint density at radius 1 is 1.38 bits per heavy atom. The lowest BCUT2D eigenvalue weighted by molar-refractivity contribution is -0.126. The number of anilines is 1. The molecular formula is C16H23N3O2. The molecule has 114 valence electrons. The maximum atomic E-state index is 12.6. The van der Waals surface area contributed by atoms with E-state index >= 15 is 0 Å². The van der Waals surface area contributed by atoms with Crippen LogP contribution in [0.25, 0.3) is 0 Å². The van der Waals surface area contributed by atoms with Crippen molar-refractivity contribution in [3.63, 3.8) is 0 Å². The number of hydrogen-bond acceptors (Lipinski definition) is 3. The second-order valence-electron chi connectivity index (χ2n) is 5.53. The van der Waals surface area contributed by atoms with Crippen molar-refractivity contribution in [2.24, 2.45) is 5.41 Å². The first-order valence-electron chi connectivity index (χ1n) is 7.45. The highest BCUT2D eigenvalue weighted by Gasteiger charge is 2.37. The molecule has 0 aromatic heterocycles. The molecule has 1 fully saturated rings. The van der Waals surface area contributed by atoms with Crippen LogP contribution < -0.4 is 16.0 Å². The average Bonchev–Trinajstić information content (AvgIpc) is 2.54. The minimum Gasteiger partial charge on any atom is -0.355 e. The molecule has 0 bridgehead atoms. The van der Waals surface area contributed by atoms with Gasteiger partial charge in [0, 0.05) is 24.8 Å². The topological polar surface area (TPSA) is 70.2 Å². The molecule has 1 heterocycles. The lowest BCUT2D eigenvalue weighted by atomic mass is 9.77. The summed E-state index contributed by atoms with van der Waals surface area (Å²) < 4.78 is 0. The van der Waals surface area contributed by atoms with Gasteiger partial charge in [0.2, 0.25) is 5.91 Å². The summed E-state index contributed by atoms with van der Waals surface area (Å²) in [7, 11) is 1.59. The predicted molar refractivity (Wildman–Crippen MR) is 83.3 cm³/mol. The fourth-order valence-corrected chi connectivity index (χ4v) is 2.77. The first-order chi connectivity index (χ1) is 10.1. The average molecular weight is 289 g/mol. The molecule has 1 saturated heterocycles. The van der Waals surface area contributed by atoms with E-state index < -0.39 is 0 Å². The van der Waals surface area contributed by atoms with Crippen LogP contribution in [0.4, 0.5) is 5.69 Å². The third-order valence-electron chi connectivity index (χ3n) is 4.24. The zero-order valence-corrected chi connectivity index (χ0v) is 12.7. The van der Waals surface area contributed by atoms with Crippen LogP contribution in [0.5, 0.6) is 0 Å². The highest BCUT2D eigenvalue weighted by molar-refractivity contribution is 5.98. The first kappa shape index (κ1) is 15.5. The fraction of sp³-hybridized carbons (Fsp3) is 0.500. The molecule has 21 heavy (non-hydrogen) atoms. The van der Waals surface area contributed by atoms with Crippen molar-refractivity contribution in [3.05, 3.63) is 29.8 Å². The quantitative estimate of drug-likeness (QED) is 0.791. The second-order valence-corrected chi connectivity index (χ2v) is 5.53. The van der Waals surface area contributed by atoms with E-state index in [-0.39, 0.29) is 17.2 Å². The number of nitrogens with one attached hydrogen (secondary N) is 3. The molecule has 3 N–H and O–H groups in total. The first-order valence-corrected chi connectivity index (χ1v) is 7.45. The van der Waals surface area contributed by atoms with Crippen molar-refractivity contribution in [2.75, 3.05) is 25.5 Å². The molecule has 1 unspecified atom stereocenters. The van der Waals surface area contributed by atoms with Gasteiger partial charge in [0.05, 0.1) is 5.41 Å². The summed E-state index contributed by atoms with van der Waals surface area (Å²) in [5.41, 5.74) is 0.864. The van der Waals surface area contributed by atoms with Crippen molar-refractivity contribution >= 4 is 17.5 Å². The number of rotatable bonds is 4. The van der Waals surface area contributed by atoms with Crippen molar-refractivity contribution in [1.29, 1.82) is 0 Å². The zero-order chi connectivity index (χ0) is 15.3. The molecule has 1 aromatic rings. The normalized spacial score (nSPS) is 21.6. The van der Waals surface area contributed by atoms with Crippen molar-refractivity contribution in [1.82, 2.24) is 10.6 Å². The predicted octanol–water partition coefficient (Wildman–Crippen LogP) is 1.76. The third-order valence-corrected chi connectivity index (χ3v) is 4.24. The highest BCUT2D eigenvalue weighted by Crippen LogP contribution is 2.31. The summed E-state index contributed by atoms with van der Waals surface area (Å²) in [6.07, 6.45) is 2.72. The highest BCUT2D eigenvalue weighted by atomic mass is 16.2. The van der Waals surface area contributed by atoms with Crippen molar-refractivity contribution < 1.29 is 9.59 Å². The number of amides is 2. The number of carbonyl (C=O) groups is 2. The van der Waals surface area contributed by atoms with Crippen molar-refractivity contribution in [3.8, 4) is 0 Å². The number of hydrogen-bond donors (Lipinski definition) is 3. The van der Waals surface area contributed by atoms with Crippen LogP contribution in [0, 0.1) is 5.41 Å². The van der Waals surface area contributed by atoms with Crippen LogP contribution in [-0.4, -0.2) is 32.0 Å². The SMILES string of the molecule is CCC1(C(=O)Nc2cccc(C(=O)NC)c2)CCCNC1. The molecule has 5 heteroatoms. The summed E-state index contributed by atoms with van der Waals surface area (Å²) in [5, 5.41) is 8.85. The van der Waals surface area contributed by atoms with Gasteiger partial charge in [-0.1, -0.05) is 13.0 Å². The minimum atomic E-state index is -0.346. The number of piperidine rings is 1. The molecule has 0 radical (unpaired) electrons. The Morgan fingerprint density at radius 2 is 2.19 bits per heavy atom. The van der Waals surface area contributed by atoms with E-state index in [1.165, 1.54) is 0 Å².